The van der Waals surface area contributed by atoms with Crippen molar-refractivity contribution in [3.05, 3.63) is 29.6 Å². The summed E-state index contributed by atoms with van der Waals surface area (Å²) in [6.45, 7) is 0.613. The molecule has 88 valence electrons. The maximum atomic E-state index is 13.7. The van der Waals surface area contributed by atoms with Crippen molar-refractivity contribution in [1.82, 2.24) is 5.32 Å². The van der Waals surface area contributed by atoms with E-state index in [1.54, 1.807) is 6.07 Å². The predicted molar refractivity (Wildman–Crippen MR) is 67.3 cm³/mol. The van der Waals surface area contributed by atoms with Crippen LogP contribution in [0.5, 0.6) is 0 Å². The summed E-state index contributed by atoms with van der Waals surface area (Å²) in [5.74, 6) is -0.0858. The van der Waals surface area contributed by atoms with Crippen LogP contribution >= 0.6 is 11.8 Å². The molecular weight excluding hydrogens is 221 g/mol. The van der Waals surface area contributed by atoms with Crippen molar-refractivity contribution in [3.8, 4) is 0 Å². The van der Waals surface area contributed by atoms with Gasteiger partial charge in [-0.3, -0.25) is 0 Å². The smallest absolute Gasteiger partial charge is 0.128 e. The highest BCUT2D eigenvalue weighted by Crippen LogP contribution is 2.36. The third-order valence-electron chi connectivity index (χ3n) is 3.03. The van der Waals surface area contributed by atoms with Crippen LogP contribution in [0.15, 0.2) is 23.1 Å². The summed E-state index contributed by atoms with van der Waals surface area (Å²) in [4.78, 5) is 1.11. The first kappa shape index (κ1) is 11.9. The SMILES string of the molecule is CNCc1c(F)cccc1SC1CCCC1. The minimum absolute atomic E-state index is 0.0858. The Bertz CT molecular complexity index is 348. The Kier molecular flexibility index (Phi) is 4.24. The second-order valence-corrected chi connectivity index (χ2v) is 5.61. The van der Waals surface area contributed by atoms with Crippen molar-refractivity contribution in [2.24, 2.45) is 0 Å². The summed E-state index contributed by atoms with van der Waals surface area (Å²) in [7, 11) is 1.86. The zero-order valence-corrected chi connectivity index (χ0v) is 10.4. The first-order valence-electron chi connectivity index (χ1n) is 5.90. The summed E-state index contributed by atoms with van der Waals surface area (Å²) >= 11 is 1.85. The molecule has 0 unspecified atom stereocenters. The van der Waals surface area contributed by atoms with E-state index in [1.165, 1.54) is 25.7 Å². The van der Waals surface area contributed by atoms with Crippen LogP contribution in [0.4, 0.5) is 4.39 Å². The molecule has 0 heterocycles. The van der Waals surface area contributed by atoms with Crippen LogP contribution in [0.3, 0.4) is 0 Å². The summed E-state index contributed by atoms with van der Waals surface area (Å²) in [6.07, 6.45) is 5.21. The maximum absolute atomic E-state index is 13.7. The minimum atomic E-state index is -0.0858. The Morgan fingerprint density at radius 3 is 2.81 bits per heavy atom. The number of benzene rings is 1. The van der Waals surface area contributed by atoms with Gasteiger partial charge < -0.3 is 5.32 Å². The van der Waals surface area contributed by atoms with E-state index in [0.717, 1.165) is 10.5 Å². The molecule has 1 aromatic carbocycles. The quantitative estimate of drug-likeness (QED) is 0.862. The molecule has 1 aliphatic carbocycles. The van der Waals surface area contributed by atoms with E-state index in [4.69, 9.17) is 0 Å². The molecule has 2 rings (SSSR count). The molecule has 0 saturated heterocycles. The van der Waals surface area contributed by atoms with Gasteiger partial charge in [-0.2, -0.15) is 0 Å². The first-order chi connectivity index (χ1) is 7.81. The lowest BCUT2D eigenvalue weighted by molar-refractivity contribution is 0.593. The Morgan fingerprint density at radius 2 is 2.12 bits per heavy atom. The van der Waals surface area contributed by atoms with Gasteiger partial charge in [-0.25, -0.2) is 4.39 Å². The maximum Gasteiger partial charge on any atom is 0.128 e. The number of thioether (sulfide) groups is 1. The Hall–Kier alpha value is -0.540. The van der Waals surface area contributed by atoms with Crippen molar-refractivity contribution < 1.29 is 4.39 Å². The van der Waals surface area contributed by atoms with Gasteiger partial charge in [-0.15, -0.1) is 11.8 Å². The lowest BCUT2D eigenvalue weighted by atomic mass is 10.2. The molecule has 0 bridgehead atoms. The molecule has 0 aromatic heterocycles. The van der Waals surface area contributed by atoms with Crippen molar-refractivity contribution >= 4 is 11.8 Å². The highest BCUT2D eigenvalue weighted by Gasteiger charge is 2.18. The molecule has 16 heavy (non-hydrogen) atoms. The second-order valence-electron chi connectivity index (χ2n) is 4.27. The van der Waals surface area contributed by atoms with Gasteiger partial charge in [-0.05, 0) is 32.0 Å². The largest absolute Gasteiger partial charge is 0.316 e. The molecule has 1 N–H and O–H groups in total. The number of nitrogens with one attached hydrogen (secondary N) is 1. The van der Waals surface area contributed by atoms with E-state index in [0.29, 0.717) is 11.8 Å². The van der Waals surface area contributed by atoms with Crippen LogP contribution in [0.1, 0.15) is 31.2 Å². The molecule has 3 heteroatoms. The lowest BCUT2D eigenvalue weighted by Crippen LogP contribution is -2.09. The van der Waals surface area contributed by atoms with Crippen molar-refractivity contribution in [2.45, 2.75) is 42.4 Å². The fraction of sp³-hybridized carbons (Fsp3) is 0.538. The molecule has 1 aromatic rings. The van der Waals surface area contributed by atoms with Crippen LogP contribution in [0, 0.1) is 5.82 Å². The lowest BCUT2D eigenvalue weighted by Gasteiger charge is -2.13. The molecule has 0 amide bonds. The summed E-state index contributed by atoms with van der Waals surface area (Å²) in [5, 5.41) is 3.73. The molecule has 0 radical (unpaired) electrons. The molecule has 1 aliphatic rings. The van der Waals surface area contributed by atoms with Gasteiger partial charge in [0.15, 0.2) is 0 Å². The van der Waals surface area contributed by atoms with Gasteiger partial charge in [-0.1, -0.05) is 18.9 Å². The predicted octanol–water partition coefficient (Wildman–Crippen LogP) is 3.58. The van der Waals surface area contributed by atoms with Crippen LogP contribution < -0.4 is 5.32 Å². The fourth-order valence-electron chi connectivity index (χ4n) is 2.18. The third kappa shape index (κ3) is 2.77. The second kappa shape index (κ2) is 5.69. The van der Waals surface area contributed by atoms with Crippen LogP contribution in [0.2, 0.25) is 0 Å². The van der Waals surface area contributed by atoms with Crippen LogP contribution in [-0.2, 0) is 6.54 Å². The van der Waals surface area contributed by atoms with Crippen molar-refractivity contribution in [1.29, 1.82) is 0 Å². The summed E-state index contributed by atoms with van der Waals surface area (Å²) in [5.41, 5.74) is 0.821. The molecule has 1 saturated carbocycles. The molecular formula is C13H18FNS. The highest BCUT2D eigenvalue weighted by atomic mass is 32.2. The highest BCUT2D eigenvalue weighted by molar-refractivity contribution is 8.00. The van der Waals surface area contributed by atoms with Crippen LogP contribution in [-0.4, -0.2) is 12.3 Å². The van der Waals surface area contributed by atoms with E-state index >= 15 is 0 Å². The first-order valence-corrected chi connectivity index (χ1v) is 6.78. The summed E-state index contributed by atoms with van der Waals surface area (Å²) in [6, 6.07) is 5.40. The van der Waals surface area contributed by atoms with Crippen LogP contribution in [0.25, 0.3) is 0 Å². The molecule has 1 nitrogen and oxygen atoms in total. The molecule has 1 fully saturated rings. The standard InChI is InChI=1S/C13H18FNS/c1-15-9-11-12(14)7-4-8-13(11)16-10-5-2-3-6-10/h4,7-8,10,15H,2-3,5-6,9H2,1H3. The van der Waals surface area contributed by atoms with E-state index < -0.39 is 0 Å². The molecule has 0 aliphatic heterocycles. The van der Waals surface area contributed by atoms with Crippen molar-refractivity contribution in [3.63, 3.8) is 0 Å². The zero-order chi connectivity index (χ0) is 11.4. The van der Waals surface area contributed by atoms with Gasteiger partial charge in [0.05, 0.1) is 0 Å². The van der Waals surface area contributed by atoms with Crippen molar-refractivity contribution in [2.75, 3.05) is 7.05 Å². The number of hydrogen-bond acceptors (Lipinski definition) is 2. The number of rotatable bonds is 4. The topological polar surface area (TPSA) is 12.0 Å². The third-order valence-corrected chi connectivity index (χ3v) is 4.47. The van der Waals surface area contributed by atoms with E-state index in [1.807, 2.05) is 30.9 Å². The number of halogens is 1. The Balaban J connectivity index is 2.14. The fourth-order valence-corrected chi connectivity index (χ4v) is 3.58. The van der Waals surface area contributed by atoms with Gasteiger partial charge in [0.1, 0.15) is 5.82 Å². The van der Waals surface area contributed by atoms with Gasteiger partial charge in [0.25, 0.3) is 0 Å². The van der Waals surface area contributed by atoms with Gasteiger partial charge in [0.2, 0.25) is 0 Å². The molecule has 0 atom stereocenters. The van der Waals surface area contributed by atoms with E-state index in [2.05, 4.69) is 5.32 Å². The minimum Gasteiger partial charge on any atom is -0.316 e. The average molecular weight is 239 g/mol. The van der Waals surface area contributed by atoms with E-state index in [9.17, 15) is 4.39 Å². The zero-order valence-electron chi connectivity index (χ0n) is 9.63. The Labute approximate surface area is 101 Å². The van der Waals surface area contributed by atoms with E-state index in [-0.39, 0.29) is 5.82 Å². The Morgan fingerprint density at radius 1 is 1.38 bits per heavy atom. The summed E-state index contributed by atoms with van der Waals surface area (Å²) < 4.78 is 13.7. The molecule has 0 spiro atoms. The normalized spacial score (nSPS) is 16.9. The monoisotopic (exact) mass is 239 g/mol. The number of hydrogen-bond donors (Lipinski definition) is 1. The average Bonchev–Trinajstić information content (AvgIpc) is 2.76. The van der Waals surface area contributed by atoms with Gasteiger partial charge >= 0.3 is 0 Å². The van der Waals surface area contributed by atoms with Gasteiger partial charge in [0, 0.05) is 22.3 Å².